The molecular formula is C23H18N2O4. The van der Waals surface area contributed by atoms with E-state index in [4.69, 9.17) is 4.74 Å². The normalized spacial score (nSPS) is 10.6. The Labute approximate surface area is 167 Å². The zero-order valence-corrected chi connectivity index (χ0v) is 15.4. The van der Waals surface area contributed by atoms with E-state index in [1.807, 2.05) is 66.9 Å². The molecule has 0 aliphatic rings. The molecule has 0 aliphatic heterocycles. The Balaban J connectivity index is 1.63. The number of carbonyl (C=O) groups is 1. The maximum Gasteiger partial charge on any atom is 0.342 e. The number of hydrogen-bond donors (Lipinski definition) is 2. The van der Waals surface area contributed by atoms with Crippen LogP contribution in [0.2, 0.25) is 0 Å². The summed E-state index contributed by atoms with van der Waals surface area (Å²) in [6.07, 6.45) is 1.82. The van der Waals surface area contributed by atoms with Gasteiger partial charge in [0.05, 0.1) is 11.4 Å². The lowest BCUT2D eigenvalue weighted by Crippen LogP contribution is -2.05. The Kier molecular flexibility index (Phi) is 4.99. The number of rotatable bonds is 5. The van der Waals surface area contributed by atoms with Crippen LogP contribution in [0.15, 0.2) is 85.1 Å². The van der Waals surface area contributed by atoms with Crippen LogP contribution in [-0.2, 0) is 11.3 Å². The number of phenols is 2. The first-order valence-electron chi connectivity index (χ1n) is 9.00. The summed E-state index contributed by atoms with van der Waals surface area (Å²) in [6, 6.07) is 23.0. The van der Waals surface area contributed by atoms with Gasteiger partial charge in [-0.05, 0) is 24.3 Å². The number of ether oxygens (including phenoxy) is 1. The molecule has 0 unspecified atom stereocenters. The highest BCUT2D eigenvalue weighted by Crippen LogP contribution is 2.26. The lowest BCUT2D eigenvalue weighted by molar-refractivity contribution is 0.0470. The van der Waals surface area contributed by atoms with Crippen molar-refractivity contribution in [3.05, 3.63) is 96.2 Å². The van der Waals surface area contributed by atoms with Crippen molar-refractivity contribution in [2.75, 3.05) is 0 Å². The van der Waals surface area contributed by atoms with Crippen LogP contribution in [0.4, 0.5) is 0 Å². The van der Waals surface area contributed by atoms with Crippen molar-refractivity contribution in [3.63, 3.8) is 0 Å². The molecule has 6 nitrogen and oxygen atoms in total. The van der Waals surface area contributed by atoms with Gasteiger partial charge in [-0.15, -0.1) is 0 Å². The number of hydrogen-bond acceptors (Lipinski definition) is 5. The van der Waals surface area contributed by atoms with Gasteiger partial charge in [0.2, 0.25) is 0 Å². The fraction of sp³-hybridized carbons (Fsp3) is 0.0435. The first-order chi connectivity index (χ1) is 14.1. The Hall–Kier alpha value is -4.06. The molecular weight excluding hydrogens is 368 g/mol. The lowest BCUT2D eigenvalue weighted by atomic mass is 10.1. The molecule has 0 bridgehead atoms. The summed E-state index contributed by atoms with van der Waals surface area (Å²) < 4.78 is 7.15. The minimum atomic E-state index is -0.686. The van der Waals surface area contributed by atoms with Gasteiger partial charge < -0.3 is 14.9 Å². The number of aromatic nitrogens is 2. The van der Waals surface area contributed by atoms with E-state index in [-0.39, 0.29) is 23.7 Å². The Morgan fingerprint density at radius 2 is 1.62 bits per heavy atom. The third-order valence-electron chi connectivity index (χ3n) is 4.42. The molecule has 0 saturated heterocycles. The van der Waals surface area contributed by atoms with E-state index >= 15 is 0 Å². The van der Waals surface area contributed by atoms with Crippen molar-refractivity contribution >= 4 is 5.97 Å². The average molecular weight is 386 g/mol. The standard InChI is InChI=1S/C23H18N2O4/c26-19-11-12-20(21(27)13-19)23(28)29-15-17-14-25(18-9-5-2-6-10-18)24-22(17)16-7-3-1-4-8-16/h1-14,26-27H,15H2. The zero-order chi connectivity index (χ0) is 20.2. The van der Waals surface area contributed by atoms with Crippen LogP contribution in [0.1, 0.15) is 15.9 Å². The molecule has 1 heterocycles. The fourth-order valence-corrected chi connectivity index (χ4v) is 2.98. The van der Waals surface area contributed by atoms with Gasteiger partial charge in [0.15, 0.2) is 0 Å². The molecule has 2 N–H and O–H groups in total. The van der Waals surface area contributed by atoms with E-state index in [0.717, 1.165) is 22.9 Å². The quantitative estimate of drug-likeness (QED) is 0.500. The number of benzene rings is 3. The summed E-state index contributed by atoms with van der Waals surface area (Å²) in [5, 5.41) is 23.9. The zero-order valence-electron chi connectivity index (χ0n) is 15.4. The summed E-state index contributed by atoms with van der Waals surface area (Å²) in [5.41, 5.74) is 3.21. The second-order valence-corrected chi connectivity index (χ2v) is 6.43. The number of esters is 1. The van der Waals surface area contributed by atoms with E-state index in [9.17, 15) is 15.0 Å². The molecule has 29 heavy (non-hydrogen) atoms. The van der Waals surface area contributed by atoms with Crippen LogP contribution in [0.25, 0.3) is 16.9 Å². The highest BCUT2D eigenvalue weighted by Gasteiger charge is 2.17. The van der Waals surface area contributed by atoms with Crippen LogP contribution >= 0.6 is 0 Å². The summed E-state index contributed by atoms with van der Waals surface area (Å²) in [6.45, 7) is -0.0176. The highest BCUT2D eigenvalue weighted by molar-refractivity contribution is 5.92. The van der Waals surface area contributed by atoms with Gasteiger partial charge >= 0.3 is 5.97 Å². The number of carbonyl (C=O) groups excluding carboxylic acids is 1. The van der Waals surface area contributed by atoms with Gasteiger partial charge in [0.25, 0.3) is 0 Å². The number of phenolic OH excluding ortho intramolecular Hbond substituents is 2. The van der Waals surface area contributed by atoms with Crippen molar-refractivity contribution < 1.29 is 19.7 Å². The molecule has 0 aliphatic carbocycles. The average Bonchev–Trinajstić information content (AvgIpc) is 3.18. The predicted molar refractivity (Wildman–Crippen MR) is 108 cm³/mol. The first-order valence-corrected chi connectivity index (χ1v) is 9.00. The fourth-order valence-electron chi connectivity index (χ4n) is 2.98. The monoisotopic (exact) mass is 386 g/mol. The largest absolute Gasteiger partial charge is 0.508 e. The van der Waals surface area contributed by atoms with Gasteiger partial charge in [-0.3, -0.25) is 0 Å². The number of para-hydroxylation sites is 1. The van der Waals surface area contributed by atoms with E-state index in [1.165, 1.54) is 12.1 Å². The first kappa shape index (κ1) is 18.3. The summed E-state index contributed by atoms with van der Waals surface area (Å²) in [4.78, 5) is 12.4. The SMILES string of the molecule is O=C(OCc1cn(-c2ccccc2)nc1-c1ccccc1)c1ccc(O)cc1O. The van der Waals surface area contributed by atoms with E-state index in [2.05, 4.69) is 5.10 Å². The predicted octanol–water partition coefficient (Wildman–Crippen LogP) is 4.31. The van der Waals surface area contributed by atoms with Crippen molar-refractivity contribution in [3.8, 4) is 28.4 Å². The van der Waals surface area contributed by atoms with Gasteiger partial charge in [0.1, 0.15) is 23.7 Å². The molecule has 144 valence electrons. The van der Waals surface area contributed by atoms with Gasteiger partial charge in [0, 0.05) is 23.4 Å². The van der Waals surface area contributed by atoms with Crippen LogP contribution < -0.4 is 0 Å². The summed E-state index contributed by atoms with van der Waals surface area (Å²) in [7, 11) is 0. The molecule has 0 spiro atoms. The van der Waals surface area contributed by atoms with E-state index in [0.29, 0.717) is 5.69 Å². The third kappa shape index (κ3) is 3.96. The van der Waals surface area contributed by atoms with Crippen LogP contribution in [0.5, 0.6) is 11.5 Å². The molecule has 0 fully saturated rings. The van der Waals surface area contributed by atoms with Crippen LogP contribution in [0, 0.1) is 0 Å². The van der Waals surface area contributed by atoms with E-state index in [1.54, 1.807) is 4.68 Å². The van der Waals surface area contributed by atoms with Crippen molar-refractivity contribution in [2.45, 2.75) is 6.61 Å². The third-order valence-corrected chi connectivity index (χ3v) is 4.42. The lowest BCUT2D eigenvalue weighted by Gasteiger charge is -2.07. The molecule has 0 atom stereocenters. The molecule has 0 amide bonds. The van der Waals surface area contributed by atoms with Gasteiger partial charge in [-0.2, -0.15) is 5.10 Å². The summed E-state index contributed by atoms with van der Waals surface area (Å²) >= 11 is 0. The second kappa shape index (κ2) is 7.90. The molecule has 4 rings (SSSR count). The van der Waals surface area contributed by atoms with Crippen molar-refractivity contribution in [1.82, 2.24) is 9.78 Å². The van der Waals surface area contributed by atoms with Crippen LogP contribution in [-0.4, -0.2) is 26.0 Å². The molecule has 1 aromatic heterocycles. The van der Waals surface area contributed by atoms with Crippen molar-refractivity contribution in [1.29, 1.82) is 0 Å². The molecule has 6 heteroatoms. The Morgan fingerprint density at radius 1 is 0.931 bits per heavy atom. The second-order valence-electron chi connectivity index (χ2n) is 6.43. The number of nitrogens with zero attached hydrogens (tertiary/aromatic N) is 2. The minimum Gasteiger partial charge on any atom is -0.508 e. The molecule has 3 aromatic carbocycles. The van der Waals surface area contributed by atoms with Crippen molar-refractivity contribution in [2.24, 2.45) is 0 Å². The maximum absolute atomic E-state index is 12.4. The molecule has 0 radical (unpaired) electrons. The Bertz CT molecular complexity index is 1140. The molecule has 0 saturated carbocycles. The summed E-state index contributed by atoms with van der Waals surface area (Å²) in [5.74, 6) is -1.15. The smallest absolute Gasteiger partial charge is 0.342 e. The van der Waals surface area contributed by atoms with Gasteiger partial charge in [-0.25, -0.2) is 9.48 Å². The molecule has 4 aromatic rings. The van der Waals surface area contributed by atoms with Crippen LogP contribution in [0.3, 0.4) is 0 Å². The van der Waals surface area contributed by atoms with Gasteiger partial charge in [-0.1, -0.05) is 48.5 Å². The highest BCUT2D eigenvalue weighted by atomic mass is 16.5. The maximum atomic E-state index is 12.4. The number of aromatic hydroxyl groups is 2. The minimum absolute atomic E-state index is 0.0143. The Morgan fingerprint density at radius 3 is 2.31 bits per heavy atom. The topological polar surface area (TPSA) is 84.6 Å². The van der Waals surface area contributed by atoms with E-state index < -0.39 is 5.97 Å².